The molecule has 5 nitrogen and oxygen atoms in total. The lowest BCUT2D eigenvalue weighted by Crippen LogP contribution is -2.25. The summed E-state index contributed by atoms with van der Waals surface area (Å²) in [7, 11) is 0. The molecule has 2 aromatic rings. The van der Waals surface area contributed by atoms with Crippen molar-refractivity contribution in [2.75, 3.05) is 4.90 Å². The first-order chi connectivity index (χ1) is 9.65. The number of carboxylic acid groups (broad SMARTS) is 1. The van der Waals surface area contributed by atoms with Crippen molar-refractivity contribution in [3.05, 3.63) is 33.5 Å². The van der Waals surface area contributed by atoms with E-state index in [0.29, 0.717) is 11.7 Å². The Kier molecular flexibility index (Phi) is 3.73. The third-order valence-corrected chi connectivity index (χ3v) is 4.99. The van der Waals surface area contributed by atoms with Gasteiger partial charge in [0.2, 0.25) is 0 Å². The van der Waals surface area contributed by atoms with E-state index in [-0.39, 0.29) is 0 Å². The number of aliphatic carboxylic acids is 1. The highest BCUT2D eigenvalue weighted by molar-refractivity contribution is 7.13. The normalized spacial score (nSPS) is 16.1. The van der Waals surface area contributed by atoms with Crippen molar-refractivity contribution in [3.63, 3.8) is 0 Å². The molecule has 7 heteroatoms. The number of nitrogens with zero attached hydrogens (tertiary/aromatic N) is 2. The molecule has 0 spiro atoms. The van der Waals surface area contributed by atoms with Gasteiger partial charge in [-0.3, -0.25) is 4.79 Å². The maximum absolute atomic E-state index is 10.9. The van der Waals surface area contributed by atoms with E-state index in [9.17, 15) is 4.79 Å². The monoisotopic (exact) mass is 309 g/mol. The molecule has 1 unspecified atom stereocenters. The van der Waals surface area contributed by atoms with Crippen LogP contribution in [0.4, 0.5) is 5.13 Å². The minimum absolute atomic E-state index is 0.439. The average molecular weight is 309 g/mol. The number of hydrogen-bond acceptors (Lipinski definition) is 6. The Morgan fingerprint density at radius 1 is 1.55 bits per heavy atom. The summed E-state index contributed by atoms with van der Waals surface area (Å²) in [6.07, 6.45) is 2.34. The highest BCUT2D eigenvalue weighted by Gasteiger charge is 2.31. The first kappa shape index (κ1) is 13.5. The van der Waals surface area contributed by atoms with Gasteiger partial charge in [-0.05, 0) is 24.3 Å². The Labute approximate surface area is 124 Å². The molecule has 2 aromatic heterocycles. The summed E-state index contributed by atoms with van der Waals surface area (Å²) in [4.78, 5) is 18.9. The number of thiazole rings is 1. The van der Waals surface area contributed by atoms with E-state index in [1.165, 1.54) is 29.1 Å². The summed E-state index contributed by atoms with van der Waals surface area (Å²) < 4.78 is 0. The summed E-state index contributed by atoms with van der Waals surface area (Å²) >= 11 is 3.20. The van der Waals surface area contributed by atoms with Crippen LogP contribution >= 0.6 is 22.7 Å². The number of anilines is 1. The molecule has 1 atom stereocenters. The van der Waals surface area contributed by atoms with Gasteiger partial charge in [0.05, 0.1) is 12.2 Å². The van der Waals surface area contributed by atoms with Crippen LogP contribution in [0.25, 0.3) is 0 Å². The number of rotatable bonds is 6. The SMILES string of the molecule is NC(C(=O)O)c1csc(N(Cc2cccs2)C2CC2)n1. The molecule has 3 N–H and O–H groups in total. The summed E-state index contributed by atoms with van der Waals surface area (Å²) in [5, 5.41) is 13.6. The number of thiophene rings is 1. The topological polar surface area (TPSA) is 79.5 Å². The molecule has 106 valence electrons. The molecular formula is C13H15N3O2S2. The first-order valence-corrected chi connectivity index (χ1v) is 8.14. The molecule has 0 aromatic carbocycles. The molecule has 1 aliphatic carbocycles. The number of hydrogen-bond donors (Lipinski definition) is 2. The predicted molar refractivity (Wildman–Crippen MR) is 80.2 cm³/mol. The van der Waals surface area contributed by atoms with Crippen LogP contribution in [-0.4, -0.2) is 22.1 Å². The van der Waals surface area contributed by atoms with Gasteiger partial charge in [-0.1, -0.05) is 6.07 Å². The van der Waals surface area contributed by atoms with Crippen molar-refractivity contribution in [2.24, 2.45) is 5.73 Å². The molecule has 0 saturated heterocycles. The van der Waals surface area contributed by atoms with Crippen molar-refractivity contribution >= 4 is 33.8 Å². The van der Waals surface area contributed by atoms with Crippen molar-refractivity contribution in [1.29, 1.82) is 0 Å². The zero-order valence-corrected chi connectivity index (χ0v) is 12.4. The molecule has 1 fully saturated rings. The molecule has 2 heterocycles. The zero-order valence-electron chi connectivity index (χ0n) is 10.7. The van der Waals surface area contributed by atoms with Crippen LogP contribution in [0.1, 0.15) is 29.5 Å². The minimum atomic E-state index is -1.04. The lowest BCUT2D eigenvalue weighted by atomic mass is 10.2. The third-order valence-electron chi connectivity index (χ3n) is 3.23. The lowest BCUT2D eigenvalue weighted by Gasteiger charge is -2.20. The van der Waals surface area contributed by atoms with Crippen LogP contribution in [0.2, 0.25) is 0 Å². The van der Waals surface area contributed by atoms with Crippen LogP contribution in [0, 0.1) is 0 Å². The Hall–Kier alpha value is -1.44. The average Bonchev–Trinajstić information content (AvgIpc) is 2.94. The Morgan fingerprint density at radius 3 is 2.95 bits per heavy atom. The van der Waals surface area contributed by atoms with E-state index >= 15 is 0 Å². The summed E-state index contributed by atoms with van der Waals surface area (Å²) in [5.74, 6) is -1.04. The first-order valence-electron chi connectivity index (χ1n) is 6.38. The van der Waals surface area contributed by atoms with Crippen LogP contribution in [-0.2, 0) is 11.3 Å². The highest BCUT2D eigenvalue weighted by atomic mass is 32.1. The molecular weight excluding hydrogens is 294 g/mol. The number of carboxylic acids is 1. The van der Waals surface area contributed by atoms with E-state index < -0.39 is 12.0 Å². The van der Waals surface area contributed by atoms with Crippen molar-refractivity contribution in [3.8, 4) is 0 Å². The van der Waals surface area contributed by atoms with Gasteiger partial charge in [0.1, 0.15) is 6.04 Å². The number of carbonyl (C=O) groups is 1. The molecule has 1 aliphatic rings. The Bertz CT molecular complexity index is 593. The fourth-order valence-electron chi connectivity index (χ4n) is 1.99. The van der Waals surface area contributed by atoms with Crippen LogP contribution in [0.5, 0.6) is 0 Å². The highest BCUT2D eigenvalue weighted by Crippen LogP contribution is 2.36. The standard InChI is InChI=1S/C13H15N3O2S2/c14-11(12(17)18)10-7-20-13(15-10)16(8-3-4-8)6-9-2-1-5-19-9/h1-2,5,7-8,11H,3-4,6,14H2,(H,17,18). The molecule has 0 radical (unpaired) electrons. The van der Waals surface area contributed by atoms with Crippen molar-refractivity contribution in [1.82, 2.24) is 4.98 Å². The summed E-state index contributed by atoms with van der Waals surface area (Å²) in [5.41, 5.74) is 6.05. The van der Waals surface area contributed by atoms with Gasteiger partial charge in [0.15, 0.2) is 5.13 Å². The minimum Gasteiger partial charge on any atom is -0.480 e. The van der Waals surface area contributed by atoms with Gasteiger partial charge < -0.3 is 15.7 Å². The fourth-order valence-corrected chi connectivity index (χ4v) is 3.62. The van der Waals surface area contributed by atoms with Crippen LogP contribution in [0.15, 0.2) is 22.9 Å². The second-order valence-corrected chi connectivity index (χ2v) is 6.68. The molecule has 3 rings (SSSR count). The molecule has 20 heavy (non-hydrogen) atoms. The van der Waals surface area contributed by atoms with Crippen molar-refractivity contribution < 1.29 is 9.90 Å². The molecule has 0 aliphatic heterocycles. The molecule has 0 amide bonds. The largest absolute Gasteiger partial charge is 0.480 e. The zero-order chi connectivity index (χ0) is 14.1. The number of nitrogens with two attached hydrogens (primary N) is 1. The summed E-state index contributed by atoms with van der Waals surface area (Å²) in [6, 6.07) is 3.64. The van der Waals surface area contributed by atoms with Gasteiger partial charge in [-0.2, -0.15) is 0 Å². The second kappa shape index (κ2) is 5.51. The quantitative estimate of drug-likeness (QED) is 0.857. The van der Waals surface area contributed by atoms with Gasteiger partial charge >= 0.3 is 5.97 Å². The van der Waals surface area contributed by atoms with Crippen LogP contribution in [0.3, 0.4) is 0 Å². The summed E-state index contributed by atoms with van der Waals surface area (Å²) in [6.45, 7) is 0.831. The maximum atomic E-state index is 10.9. The van der Waals surface area contributed by atoms with Crippen molar-refractivity contribution in [2.45, 2.75) is 31.5 Å². The lowest BCUT2D eigenvalue weighted by molar-refractivity contribution is -0.138. The van der Waals surface area contributed by atoms with E-state index in [1.54, 1.807) is 16.7 Å². The second-order valence-electron chi connectivity index (χ2n) is 4.81. The predicted octanol–water partition coefficient (Wildman–Crippen LogP) is 2.46. The maximum Gasteiger partial charge on any atom is 0.326 e. The smallest absolute Gasteiger partial charge is 0.326 e. The number of aromatic nitrogens is 1. The van der Waals surface area contributed by atoms with Gasteiger partial charge in [-0.15, -0.1) is 22.7 Å². The molecule has 1 saturated carbocycles. The van der Waals surface area contributed by atoms with Gasteiger partial charge in [0, 0.05) is 16.3 Å². The van der Waals surface area contributed by atoms with Gasteiger partial charge in [0.25, 0.3) is 0 Å². The van der Waals surface area contributed by atoms with Gasteiger partial charge in [-0.25, -0.2) is 4.98 Å². The molecule has 0 bridgehead atoms. The van der Waals surface area contributed by atoms with E-state index in [0.717, 1.165) is 11.7 Å². The van der Waals surface area contributed by atoms with E-state index in [1.807, 2.05) is 6.07 Å². The van der Waals surface area contributed by atoms with E-state index in [2.05, 4.69) is 21.3 Å². The fraction of sp³-hybridized carbons (Fsp3) is 0.385. The van der Waals surface area contributed by atoms with E-state index in [4.69, 9.17) is 10.8 Å². The Balaban J connectivity index is 1.79. The van der Waals surface area contributed by atoms with Crippen LogP contribution < -0.4 is 10.6 Å². The third kappa shape index (κ3) is 2.84. The Morgan fingerprint density at radius 2 is 2.35 bits per heavy atom.